The molecule has 1 aromatic carbocycles. The van der Waals surface area contributed by atoms with E-state index in [0.29, 0.717) is 25.7 Å². The van der Waals surface area contributed by atoms with Crippen LogP contribution in [0.2, 0.25) is 0 Å². The molecule has 1 aliphatic heterocycles. The highest BCUT2D eigenvalue weighted by atomic mass is 19.1. The molecular formula is C20H26FN3O2. The summed E-state index contributed by atoms with van der Waals surface area (Å²) in [6.07, 6.45) is 4.90. The molecular weight excluding hydrogens is 333 g/mol. The molecule has 0 radical (unpaired) electrons. The molecule has 5 nitrogen and oxygen atoms in total. The summed E-state index contributed by atoms with van der Waals surface area (Å²) in [5.74, 6) is -0.0137. The lowest BCUT2D eigenvalue weighted by Gasteiger charge is -2.46. The Morgan fingerprint density at radius 2 is 1.73 bits per heavy atom. The van der Waals surface area contributed by atoms with Gasteiger partial charge in [-0.2, -0.15) is 0 Å². The van der Waals surface area contributed by atoms with Crippen LogP contribution in [-0.2, 0) is 15.0 Å². The van der Waals surface area contributed by atoms with Crippen molar-refractivity contribution in [2.75, 3.05) is 32.7 Å². The quantitative estimate of drug-likeness (QED) is 0.870. The lowest BCUT2D eigenvalue weighted by atomic mass is 9.63. The zero-order valence-electron chi connectivity index (χ0n) is 15.0. The van der Waals surface area contributed by atoms with E-state index in [1.165, 1.54) is 12.1 Å². The van der Waals surface area contributed by atoms with Crippen LogP contribution in [-0.4, -0.2) is 60.4 Å². The molecule has 2 amide bonds. The molecule has 1 aromatic rings. The number of hydrogen-bond acceptors (Lipinski definition) is 3. The Labute approximate surface area is 153 Å². The normalized spacial score (nSPS) is 22.6. The van der Waals surface area contributed by atoms with E-state index in [-0.39, 0.29) is 17.6 Å². The Balaban J connectivity index is 1.35. The topological polar surface area (TPSA) is 52.7 Å². The molecule has 2 saturated carbocycles. The first-order chi connectivity index (χ1) is 12.6. The second-order valence-corrected chi connectivity index (χ2v) is 7.85. The first-order valence-corrected chi connectivity index (χ1v) is 9.64. The highest BCUT2D eigenvalue weighted by molar-refractivity contribution is 5.89. The number of benzene rings is 1. The Kier molecular flexibility index (Phi) is 4.69. The van der Waals surface area contributed by atoms with E-state index in [2.05, 4.69) is 10.2 Å². The monoisotopic (exact) mass is 359 g/mol. The van der Waals surface area contributed by atoms with Gasteiger partial charge in [-0.15, -0.1) is 0 Å². The lowest BCUT2D eigenvalue weighted by molar-refractivity contribution is -0.142. The molecule has 0 atom stereocenters. The first-order valence-electron chi connectivity index (χ1n) is 9.64. The van der Waals surface area contributed by atoms with Crippen LogP contribution in [0.4, 0.5) is 4.39 Å². The summed E-state index contributed by atoms with van der Waals surface area (Å²) < 4.78 is 13.2. The SMILES string of the molecule is O=C(CN1CCN(C(=O)C2(c3ccc(F)cc3)CCC2)CC1)NC1CC1. The van der Waals surface area contributed by atoms with Crippen molar-refractivity contribution in [1.29, 1.82) is 0 Å². The van der Waals surface area contributed by atoms with E-state index in [0.717, 1.165) is 50.8 Å². The van der Waals surface area contributed by atoms with Crippen LogP contribution in [0.25, 0.3) is 0 Å². The number of hydrogen-bond donors (Lipinski definition) is 1. The van der Waals surface area contributed by atoms with E-state index in [1.54, 1.807) is 12.1 Å². The van der Waals surface area contributed by atoms with Gasteiger partial charge in [-0.3, -0.25) is 14.5 Å². The van der Waals surface area contributed by atoms with E-state index >= 15 is 0 Å². The number of amides is 2. The highest BCUT2D eigenvalue weighted by Crippen LogP contribution is 2.45. The van der Waals surface area contributed by atoms with Crippen molar-refractivity contribution in [3.05, 3.63) is 35.6 Å². The summed E-state index contributed by atoms with van der Waals surface area (Å²) >= 11 is 0. The fraction of sp³-hybridized carbons (Fsp3) is 0.600. The fourth-order valence-electron chi connectivity index (χ4n) is 4.04. The van der Waals surface area contributed by atoms with Crippen LogP contribution >= 0.6 is 0 Å². The molecule has 140 valence electrons. The predicted molar refractivity (Wildman–Crippen MR) is 96.1 cm³/mol. The second-order valence-electron chi connectivity index (χ2n) is 7.85. The zero-order valence-corrected chi connectivity index (χ0v) is 15.0. The molecule has 6 heteroatoms. The molecule has 3 aliphatic rings. The summed E-state index contributed by atoms with van der Waals surface area (Å²) in [6, 6.07) is 6.79. The Morgan fingerprint density at radius 3 is 2.27 bits per heavy atom. The summed E-state index contributed by atoms with van der Waals surface area (Å²) in [5.41, 5.74) is 0.459. The third-order valence-electron chi connectivity index (χ3n) is 5.98. The van der Waals surface area contributed by atoms with Gasteiger partial charge in [-0.25, -0.2) is 4.39 Å². The number of nitrogens with zero attached hydrogens (tertiary/aromatic N) is 2. The largest absolute Gasteiger partial charge is 0.352 e. The third-order valence-corrected chi connectivity index (χ3v) is 5.98. The molecule has 3 fully saturated rings. The molecule has 1 saturated heterocycles. The highest BCUT2D eigenvalue weighted by Gasteiger charge is 2.48. The molecule has 0 aromatic heterocycles. The molecule has 2 aliphatic carbocycles. The van der Waals surface area contributed by atoms with Crippen molar-refractivity contribution < 1.29 is 14.0 Å². The first kappa shape index (κ1) is 17.5. The van der Waals surface area contributed by atoms with E-state index in [9.17, 15) is 14.0 Å². The maximum Gasteiger partial charge on any atom is 0.234 e. The molecule has 0 spiro atoms. The third kappa shape index (κ3) is 3.47. The number of piperazine rings is 1. The summed E-state index contributed by atoms with van der Waals surface area (Å²) in [7, 11) is 0. The van der Waals surface area contributed by atoms with E-state index in [1.807, 2.05) is 4.90 Å². The van der Waals surface area contributed by atoms with Gasteiger partial charge in [0.15, 0.2) is 0 Å². The number of carbonyl (C=O) groups excluding carboxylic acids is 2. The molecule has 4 rings (SSSR count). The Morgan fingerprint density at radius 1 is 1.08 bits per heavy atom. The number of halogens is 1. The summed E-state index contributed by atoms with van der Waals surface area (Å²) in [4.78, 5) is 29.2. The van der Waals surface area contributed by atoms with Crippen molar-refractivity contribution in [1.82, 2.24) is 15.1 Å². The number of carbonyl (C=O) groups is 2. The van der Waals surface area contributed by atoms with Gasteiger partial charge in [-0.1, -0.05) is 18.6 Å². The molecule has 1 N–H and O–H groups in total. The summed E-state index contributed by atoms with van der Waals surface area (Å²) in [6.45, 7) is 3.17. The van der Waals surface area contributed by atoms with E-state index in [4.69, 9.17) is 0 Å². The maximum atomic E-state index is 13.2. The van der Waals surface area contributed by atoms with Crippen molar-refractivity contribution in [3.8, 4) is 0 Å². The standard InChI is InChI=1S/C20H26FN3O2/c21-16-4-2-15(3-5-16)20(8-1-9-20)19(26)24-12-10-23(11-13-24)14-18(25)22-17-6-7-17/h2-5,17H,1,6-14H2,(H,22,25). The maximum absolute atomic E-state index is 13.2. The van der Waals surface area contributed by atoms with Crippen molar-refractivity contribution in [2.45, 2.75) is 43.6 Å². The van der Waals surface area contributed by atoms with Gasteiger partial charge in [0.1, 0.15) is 5.82 Å². The van der Waals surface area contributed by atoms with Gasteiger partial charge < -0.3 is 10.2 Å². The van der Waals surface area contributed by atoms with Gasteiger partial charge in [0, 0.05) is 32.2 Å². The number of nitrogens with one attached hydrogen (secondary N) is 1. The average Bonchev–Trinajstić information content (AvgIpc) is 3.40. The zero-order chi connectivity index (χ0) is 18.1. The Bertz CT molecular complexity index is 675. The summed E-state index contributed by atoms with van der Waals surface area (Å²) in [5, 5.41) is 3.01. The van der Waals surface area contributed by atoms with Crippen LogP contribution in [0.5, 0.6) is 0 Å². The van der Waals surface area contributed by atoms with Crippen molar-refractivity contribution in [3.63, 3.8) is 0 Å². The van der Waals surface area contributed by atoms with Gasteiger partial charge >= 0.3 is 0 Å². The molecule has 0 bridgehead atoms. The van der Waals surface area contributed by atoms with Crippen LogP contribution in [0.15, 0.2) is 24.3 Å². The van der Waals surface area contributed by atoms with Crippen LogP contribution in [0.1, 0.15) is 37.7 Å². The Hall–Kier alpha value is -1.95. The van der Waals surface area contributed by atoms with Crippen LogP contribution < -0.4 is 5.32 Å². The van der Waals surface area contributed by atoms with Crippen LogP contribution in [0.3, 0.4) is 0 Å². The van der Waals surface area contributed by atoms with Gasteiger partial charge in [-0.05, 0) is 43.4 Å². The van der Waals surface area contributed by atoms with Crippen LogP contribution in [0, 0.1) is 5.82 Å². The molecule has 0 unspecified atom stereocenters. The smallest absolute Gasteiger partial charge is 0.234 e. The average molecular weight is 359 g/mol. The van der Waals surface area contributed by atoms with Crippen molar-refractivity contribution in [2.24, 2.45) is 0 Å². The minimum absolute atomic E-state index is 0.0917. The van der Waals surface area contributed by atoms with E-state index < -0.39 is 5.41 Å². The number of rotatable bonds is 5. The second kappa shape index (κ2) is 6.99. The lowest BCUT2D eigenvalue weighted by Crippen LogP contribution is -2.57. The minimum Gasteiger partial charge on any atom is -0.352 e. The van der Waals surface area contributed by atoms with Gasteiger partial charge in [0.25, 0.3) is 0 Å². The van der Waals surface area contributed by atoms with Crippen molar-refractivity contribution >= 4 is 11.8 Å². The predicted octanol–water partition coefficient (Wildman–Crippen LogP) is 1.67. The molecule has 26 heavy (non-hydrogen) atoms. The van der Waals surface area contributed by atoms with Gasteiger partial charge in [0.05, 0.1) is 12.0 Å². The molecule has 1 heterocycles. The van der Waals surface area contributed by atoms with Gasteiger partial charge in [0.2, 0.25) is 11.8 Å². The fourth-order valence-corrected chi connectivity index (χ4v) is 4.04. The minimum atomic E-state index is -0.473.